The highest BCUT2D eigenvalue weighted by Crippen LogP contribution is 2.26. The molecule has 0 radical (unpaired) electrons. The normalized spacial score (nSPS) is 10.4. The summed E-state index contributed by atoms with van der Waals surface area (Å²) in [6.45, 7) is 2.42. The maximum absolute atomic E-state index is 5.48. The number of aryl methyl sites for hydroxylation is 1. The fourth-order valence-electron chi connectivity index (χ4n) is 1.92. The average molecular weight is 266 g/mol. The lowest BCUT2D eigenvalue weighted by atomic mass is 10.1. The van der Waals surface area contributed by atoms with Gasteiger partial charge in [-0.2, -0.15) is 0 Å². The third-order valence-electron chi connectivity index (χ3n) is 2.87. The molecule has 0 aliphatic rings. The molecule has 0 aliphatic carbocycles. The largest absolute Gasteiger partial charge is 0.421 e. The van der Waals surface area contributed by atoms with E-state index in [1.807, 2.05) is 42.5 Å². The molecule has 2 heterocycles. The summed E-state index contributed by atoms with van der Waals surface area (Å²) in [5.74, 6) is 1.08. The number of nitrogens with one attached hydrogen (secondary N) is 1. The monoisotopic (exact) mass is 266 g/mol. The van der Waals surface area contributed by atoms with Crippen LogP contribution in [0.5, 0.6) is 0 Å². The van der Waals surface area contributed by atoms with Gasteiger partial charge in [-0.15, -0.1) is 10.2 Å². The Bertz CT molecular complexity index is 694. The molecule has 1 N–H and O–H groups in total. The molecule has 1 aromatic carbocycles. The van der Waals surface area contributed by atoms with Gasteiger partial charge in [-0.1, -0.05) is 18.2 Å². The predicted octanol–water partition coefficient (Wildman–Crippen LogP) is 3.05. The van der Waals surface area contributed by atoms with Gasteiger partial charge in [0.05, 0.1) is 17.8 Å². The summed E-state index contributed by atoms with van der Waals surface area (Å²) in [5.41, 5.74) is 2.81. The third-order valence-corrected chi connectivity index (χ3v) is 2.87. The number of anilines is 1. The Morgan fingerprint density at radius 1 is 1.05 bits per heavy atom. The molecule has 0 saturated carbocycles. The lowest BCUT2D eigenvalue weighted by Gasteiger charge is -2.09. The molecule has 0 fully saturated rings. The maximum atomic E-state index is 5.48. The molecule has 0 amide bonds. The van der Waals surface area contributed by atoms with Crippen LogP contribution >= 0.6 is 0 Å². The summed E-state index contributed by atoms with van der Waals surface area (Å²) in [6, 6.07) is 13.7. The van der Waals surface area contributed by atoms with E-state index in [1.54, 1.807) is 13.1 Å². The van der Waals surface area contributed by atoms with Gasteiger partial charge in [0.25, 0.3) is 0 Å². The van der Waals surface area contributed by atoms with Gasteiger partial charge < -0.3 is 9.73 Å². The fourth-order valence-corrected chi connectivity index (χ4v) is 1.92. The Balaban J connectivity index is 1.83. The highest BCUT2D eigenvalue weighted by Gasteiger charge is 2.10. The van der Waals surface area contributed by atoms with E-state index in [9.17, 15) is 0 Å². The lowest BCUT2D eigenvalue weighted by Crippen LogP contribution is -2.02. The Morgan fingerprint density at radius 3 is 2.65 bits per heavy atom. The van der Waals surface area contributed by atoms with Crippen LogP contribution in [0.4, 0.5) is 5.69 Å². The van der Waals surface area contributed by atoms with E-state index in [-0.39, 0.29) is 0 Å². The molecule has 20 heavy (non-hydrogen) atoms. The molecule has 2 aromatic heterocycles. The zero-order chi connectivity index (χ0) is 13.8. The topological polar surface area (TPSA) is 63.8 Å². The lowest BCUT2D eigenvalue weighted by molar-refractivity contribution is 0.533. The first-order chi connectivity index (χ1) is 9.83. The Labute approximate surface area is 116 Å². The van der Waals surface area contributed by atoms with Crippen LogP contribution in [-0.4, -0.2) is 15.2 Å². The summed E-state index contributed by atoms with van der Waals surface area (Å²) in [4.78, 5) is 4.29. The van der Waals surface area contributed by atoms with E-state index in [4.69, 9.17) is 4.42 Å². The molecule has 5 heteroatoms. The van der Waals surface area contributed by atoms with E-state index in [2.05, 4.69) is 20.5 Å². The zero-order valence-corrected chi connectivity index (χ0v) is 11.1. The van der Waals surface area contributed by atoms with Gasteiger partial charge in [0.15, 0.2) is 0 Å². The van der Waals surface area contributed by atoms with E-state index in [0.717, 1.165) is 16.9 Å². The van der Waals surface area contributed by atoms with Gasteiger partial charge in [0.2, 0.25) is 11.8 Å². The van der Waals surface area contributed by atoms with Crippen LogP contribution in [0.25, 0.3) is 11.5 Å². The van der Waals surface area contributed by atoms with Crippen molar-refractivity contribution < 1.29 is 4.42 Å². The van der Waals surface area contributed by atoms with Crippen molar-refractivity contribution in [2.24, 2.45) is 0 Å². The molecular weight excluding hydrogens is 252 g/mol. The molecular formula is C15H14N4O. The molecule has 0 saturated heterocycles. The van der Waals surface area contributed by atoms with Crippen molar-refractivity contribution in [3.8, 4) is 11.5 Å². The molecule has 0 spiro atoms. The minimum atomic E-state index is 0.520. The molecule has 3 aromatic rings. The number of aromatic nitrogens is 3. The average Bonchev–Trinajstić information content (AvgIpc) is 2.93. The van der Waals surface area contributed by atoms with Gasteiger partial charge in [-0.25, -0.2) is 0 Å². The molecule has 0 atom stereocenters. The van der Waals surface area contributed by atoms with Crippen molar-refractivity contribution in [1.29, 1.82) is 0 Å². The van der Waals surface area contributed by atoms with Crippen molar-refractivity contribution in [1.82, 2.24) is 15.2 Å². The molecule has 0 aliphatic heterocycles. The van der Waals surface area contributed by atoms with Crippen LogP contribution in [0.15, 0.2) is 53.1 Å². The van der Waals surface area contributed by atoms with Crippen LogP contribution in [0.3, 0.4) is 0 Å². The number of hydrogen-bond acceptors (Lipinski definition) is 5. The number of benzene rings is 1. The van der Waals surface area contributed by atoms with Gasteiger partial charge >= 0.3 is 0 Å². The van der Waals surface area contributed by atoms with Gasteiger partial charge in [-0.3, -0.25) is 4.98 Å². The van der Waals surface area contributed by atoms with E-state index >= 15 is 0 Å². The van der Waals surface area contributed by atoms with Crippen molar-refractivity contribution in [2.75, 3.05) is 5.32 Å². The minimum Gasteiger partial charge on any atom is -0.421 e. The Hall–Kier alpha value is -2.69. The van der Waals surface area contributed by atoms with Crippen LogP contribution in [0.1, 0.15) is 11.6 Å². The summed E-state index contributed by atoms with van der Waals surface area (Å²) in [5, 5.41) is 11.3. The Kier molecular flexibility index (Phi) is 3.41. The number of hydrogen-bond donors (Lipinski definition) is 1. The first-order valence-electron chi connectivity index (χ1n) is 6.36. The second kappa shape index (κ2) is 5.52. The van der Waals surface area contributed by atoms with Crippen molar-refractivity contribution in [2.45, 2.75) is 13.5 Å². The predicted molar refractivity (Wildman–Crippen MR) is 76.0 cm³/mol. The highest BCUT2D eigenvalue weighted by molar-refractivity contribution is 5.72. The summed E-state index contributed by atoms with van der Waals surface area (Å²) >= 11 is 0. The van der Waals surface area contributed by atoms with E-state index < -0.39 is 0 Å². The number of rotatable bonds is 4. The van der Waals surface area contributed by atoms with Crippen molar-refractivity contribution in [3.63, 3.8) is 0 Å². The van der Waals surface area contributed by atoms with Crippen LogP contribution in [-0.2, 0) is 6.54 Å². The second-order valence-electron chi connectivity index (χ2n) is 4.35. The van der Waals surface area contributed by atoms with Crippen LogP contribution in [0.2, 0.25) is 0 Å². The zero-order valence-electron chi connectivity index (χ0n) is 11.1. The minimum absolute atomic E-state index is 0.520. The number of nitrogens with zero attached hydrogens (tertiary/aromatic N) is 3. The molecule has 3 rings (SSSR count). The fraction of sp³-hybridized carbons (Fsp3) is 0.133. The molecule has 100 valence electrons. The van der Waals surface area contributed by atoms with E-state index in [0.29, 0.717) is 18.3 Å². The SMILES string of the molecule is Cc1nnc(-c2ccccc2NCc2ccccn2)o1. The molecule has 5 nitrogen and oxygen atoms in total. The van der Waals surface area contributed by atoms with Crippen LogP contribution < -0.4 is 5.32 Å². The van der Waals surface area contributed by atoms with Crippen molar-refractivity contribution >= 4 is 5.69 Å². The van der Waals surface area contributed by atoms with Gasteiger partial charge in [-0.05, 0) is 24.3 Å². The molecule has 0 bridgehead atoms. The first-order valence-corrected chi connectivity index (χ1v) is 6.36. The van der Waals surface area contributed by atoms with Gasteiger partial charge in [0.1, 0.15) is 0 Å². The standard InChI is InChI=1S/C15H14N4O/c1-11-18-19-15(20-11)13-7-2-3-8-14(13)17-10-12-6-4-5-9-16-12/h2-9,17H,10H2,1H3. The maximum Gasteiger partial charge on any atom is 0.249 e. The quantitative estimate of drug-likeness (QED) is 0.786. The van der Waals surface area contributed by atoms with E-state index in [1.165, 1.54) is 0 Å². The third kappa shape index (κ3) is 2.66. The summed E-state index contributed by atoms with van der Waals surface area (Å²) in [7, 11) is 0. The molecule has 0 unspecified atom stereocenters. The van der Waals surface area contributed by atoms with Gasteiger partial charge in [0, 0.05) is 18.8 Å². The van der Waals surface area contributed by atoms with Crippen molar-refractivity contribution in [3.05, 3.63) is 60.2 Å². The summed E-state index contributed by atoms with van der Waals surface area (Å²) in [6.07, 6.45) is 1.78. The first kappa shape index (κ1) is 12.3. The van der Waals surface area contributed by atoms with Crippen LogP contribution in [0, 0.1) is 6.92 Å². The second-order valence-corrected chi connectivity index (χ2v) is 4.35. The number of pyridine rings is 1. The summed E-state index contributed by atoms with van der Waals surface area (Å²) < 4.78 is 5.48. The smallest absolute Gasteiger partial charge is 0.249 e. The Morgan fingerprint density at radius 2 is 1.90 bits per heavy atom. The highest BCUT2D eigenvalue weighted by atomic mass is 16.4. The number of para-hydroxylation sites is 1.